The molecular weight excluding hydrogens is 396 g/mol. The third-order valence-corrected chi connectivity index (χ3v) is 5.61. The number of carbonyl (C=O) groups is 1. The minimum absolute atomic E-state index is 0.0820. The Morgan fingerprint density at radius 1 is 1.19 bits per heavy atom. The van der Waals surface area contributed by atoms with Gasteiger partial charge in [-0.3, -0.25) is 14.8 Å². The van der Waals surface area contributed by atoms with Gasteiger partial charge in [-0.1, -0.05) is 18.2 Å². The number of fused-ring (bicyclic) bond motifs is 2. The third-order valence-electron chi connectivity index (χ3n) is 5.61. The van der Waals surface area contributed by atoms with Crippen molar-refractivity contribution in [2.45, 2.75) is 6.54 Å². The summed E-state index contributed by atoms with van der Waals surface area (Å²) in [6.07, 6.45) is 1.68. The number of para-hydroxylation sites is 1. The zero-order valence-electron chi connectivity index (χ0n) is 17.1. The smallest absolute Gasteiger partial charge is 0.232 e. The van der Waals surface area contributed by atoms with Gasteiger partial charge in [0, 0.05) is 44.2 Å². The number of hydrogen-bond donors (Lipinski definition) is 3. The van der Waals surface area contributed by atoms with Crippen LogP contribution in [0.4, 0.5) is 0 Å². The molecule has 2 aliphatic rings. The first-order valence-electron chi connectivity index (χ1n) is 10.4. The monoisotopic (exact) mass is 420 g/mol. The second kappa shape index (κ2) is 8.50. The van der Waals surface area contributed by atoms with Crippen molar-refractivity contribution >= 4 is 22.8 Å². The maximum atomic E-state index is 13.1. The molecule has 8 nitrogen and oxygen atoms in total. The molecule has 0 aliphatic carbocycles. The van der Waals surface area contributed by atoms with Crippen molar-refractivity contribution < 1.29 is 19.4 Å². The fourth-order valence-corrected chi connectivity index (χ4v) is 4.04. The number of ketones is 1. The van der Waals surface area contributed by atoms with Crippen molar-refractivity contribution in [3.05, 3.63) is 59.0 Å². The Morgan fingerprint density at radius 2 is 2.03 bits per heavy atom. The number of Topliss-reactive ketones (excluding diaryl/α,β-unsaturated/α-hetero) is 1. The molecule has 1 saturated heterocycles. The maximum Gasteiger partial charge on any atom is 0.232 e. The van der Waals surface area contributed by atoms with Crippen LogP contribution >= 0.6 is 0 Å². The van der Waals surface area contributed by atoms with Crippen LogP contribution in [-0.4, -0.2) is 65.4 Å². The first kappa shape index (κ1) is 19.7. The lowest BCUT2D eigenvalue weighted by Gasteiger charge is -2.28. The van der Waals surface area contributed by atoms with Gasteiger partial charge in [0.15, 0.2) is 5.76 Å². The summed E-state index contributed by atoms with van der Waals surface area (Å²) >= 11 is 0. The van der Waals surface area contributed by atoms with Crippen LogP contribution in [0.2, 0.25) is 0 Å². The van der Waals surface area contributed by atoms with Crippen molar-refractivity contribution in [2.75, 3.05) is 39.4 Å². The molecule has 3 N–H and O–H groups in total. The van der Waals surface area contributed by atoms with Crippen LogP contribution in [0.25, 0.3) is 17.0 Å². The molecule has 2 aliphatic heterocycles. The first-order valence-corrected chi connectivity index (χ1v) is 10.4. The minimum Gasteiger partial charge on any atom is -0.491 e. The van der Waals surface area contributed by atoms with E-state index in [9.17, 15) is 9.90 Å². The fourth-order valence-electron chi connectivity index (χ4n) is 4.04. The molecule has 160 valence electrons. The molecule has 2 aromatic carbocycles. The van der Waals surface area contributed by atoms with E-state index in [-0.39, 0.29) is 24.8 Å². The topological polar surface area (TPSA) is 99.7 Å². The second-order valence-corrected chi connectivity index (χ2v) is 7.61. The number of aromatic nitrogens is 2. The van der Waals surface area contributed by atoms with Crippen molar-refractivity contribution in [3.63, 3.8) is 0 Å². The van der Waals surface area contributed by atoms with Crippen LogP contribution < -0.4 is 14.8 Å². The number of aliphatic hydroxyl groups is 1. The van der Waals surface area contributed by atoms with E-state index in [1.54, 1.807) is 18.2 Å². The van der Waals surface area contributed by atoms with E-state index in [4.69, 9.17) is 9.47 Å². The van der Waals surface area contributed by atoms with Gasteiger partial charge in [0.25, 0.3) is 0 Å². The number of allylic oxidation sites excluding steroid dienone is 1. The molecule has 3 heterocycles. The summed E-state index contributed by atoms with van der Waals surface area (Å²) in [5, 5.41) is 20.8. The Morgan fingerprint density at radius 3 is 2.87 bits per heavy atom. The summed E-state index contributed by atoms with van der Waals surface area (Å²) in [6, 6.07) is 11.3. The zero-order valence-corrected chi connectivity index (χ0v) is 17.1. The van der Waals surface area contributed by atoms with E-state index in [1.165, 1.54) is 0 Å². The molecule has 0 saturated carbocycles. The van der Waals surface area contributed by atoms with Gasteiger partial charge in [-0.05, 0) is 18.2 Å². The molecule has 0 unspecified atom stereocenters. The first-order chi connectivity index (χ1) is 15.2. The lowest BCUT2D eigenvalue weighted by Crippen LogP contribution is -2.43. The van der Waals surface area contributed by atoms with Crippen LogP contribution in [-0.2, 0) is 6.54 Å². The summed E-state index contributed by atoms with van der Waals surface area (Å²) in [6.45, 7) is 4.35. The highest BCUT2D eigenvalue weighted by Crippen LogP contribution is 2.41. The van der Waals surface area contributed by atoms with Gasteiger partial charge in [0.1, 0.15) is 18.1 Å². The van der Waals surface area contributed by atoms with Crippen molar-refractivity contribution in [3.8, 4) is 11.5 Å². The molecule has 0 amide bonds. The van der Waals surface area contributed by atoms with Gasteiger partial charge < -0.3 is 19.9 Å². The minimum atomic E-state index is -0.169. The SMILES string of the molecule is O=C1/C(=C/c2n[nH]c3ccccc23)Oc2c1ccc(OCCO)c2CN1CCNCC1. The van der Waals surface area contributed by atoms with Crippen LogP contribution in [0, 0.1) is 0 Å². The molecule has 1 aromatic heterocycles. The number of benzene rings is 2. The molecule has 5 rings (SSSR count). The highest BCUT2D eigenvalue weighted by Gasteiger charge is 2.32. The standard InChI is InChI=1S/C23H24N4O4/c28-11-12-30-20-6-5-16-22(29)21(13-19-15-3-1-2-4-18(15)25-26-19)31-23(16)17(20)14-27-9-7-24-8-10-27/h1-6,13,24,28H,7-12,14H2,(H,25,26)/b21-13-. The highest BCUT2D eigenvalue weighted by atomic mass is 16.5. The van der Waals surface area contributed by atoms with Gasteiger partial charge in [0.05, 0.1) is 28.9 Å². The molecular formula is C23H24N4O4. The fraction of sp³-hybridized carbons (Fsp3) is 0.304. The van der Waals surface area contributed by atoms with Crippen molar-refractivity contribution in [1.82, 2.24) is 20.4 Å². The quantitative estimate of drug-likeness (QED) is 0.524. The summed E-state index contributed by atoms with van der Waals surface area (Å²) in [7, 11) is 0. The normalized spacial score (nSPS) is 17.8. The largest absolute Gasteiger partial charge is 0.491 e. The van der Waals surface area contributed by atoms with Gasteiger partial charge in [-0.25, -0.2) is 0 Å². The Labute approximate surface area is 179 Å². The summed E-state index contributed by atoms with van der Waals surface area (Å²) < 4.78 is 11.9. The Kier molecular flexibility index (Phi) is 5.42. The molecule has 0 atom stereocenters. The lowest BCUT2D eigenvalue weighted by molar-refractivity contribution is 0.101. The predicted octanol–water partition coefficient (Wildman–Crippen LogP) is 1.96. The summed E-state index contributed by atoms with van der Waals surface area (Å²) in [4.78, 5) is 15.4. The number of ether oxygens (including phenoxy) is 2. The Bertz CT molecular complexity index is 1150. The third kappa shape index (κ3) is 3.81. The predicted molar refractivity (Wildman–Crippen MR) is 116 cm³/mol. The highest BCUT2D eigenvalue weighted by molar-refractivity contribution is 6.15. The van der Waals surface area contributed by atoms with E-state index < -0.39 is 0 Å². The van der Waals surface area contributed by atoms with Gasteiger partial charge >= 0.3 is 0 Å². The average molecular weight is 420 g/mol. The molecule has 1 fully saturated rings. The molecule has 0 spiro atoms. The zero-order chi connectivity index (χ0) is 21.2. The number of H-pyrrole nitrogens is 1. The maximum absolute atomic E-state index is 13.1. The van der Waals surface area contributed by atoms with Crippen molar-refractivity contribution in [1.29, 1.82) is 0 Å². The molecule has 3 aromatic rings. The van der Waals surface area contributed by atoms with Crippen LogP contribution in [0.3, 0.4) is 0 Å². The van der Waals surface area contributed by atoms with Crippen molar-refractivity contribution in [2.24, 2.45) is 0 Å². The van der Waals surface area contributed by atoms with E-state index in [0.29, 0.717) is 29.3 Å². The number of hydrogen-bond acceptors (Lipinski definition) is 7. The Hall–Kier alpha value is -3.20. The Balaban J connectivity index is 1.51. The van der Waals surface area contributed by atoms with E-state index in [2.05, 4.69) is 20.4 Å². The lowest BCUT2D eigenvalue weighted by atomic mass is 10.0. The summed E-state index contributed by atoms with van der Waals surface area (Å²) in [5.74, 6) is 1.24. The van der Waals surface area contributed by atoms with Gasteiger partial charge in [0.2, 0.25) is 5.78 Å². The number of rotatable bonds is 6. The van der Waals surface area contributed by atoms with Crippen LogP contribution in [0.1, 0.15) is 21.6 Å². The van der Waals surface area contributed by atoms with E-state index >= 15 is 0 Å². The van der Waals surface area contributed by atoms with E-state index in [1.807, 2.05) is 24.3 Å². The number of carbonyl (C=O) groups excluding carboxylic acids is 1. The molecule has 0 bridgehead atoms. The van der Waals surface area contributed by atoms with Crippen LogP contribution in [0.15, 0.2) is 42.2 Å². The molecule has 31 heavy (non-hydrogen) atoms. The van der Waals surface area contributed by atoms with E-state index in [0.717, 1.165) is 42.6 Å². The van der Waals surface area contributed by atoms with Gasteiger partial charge in [-0.15, -0.1) is 0 Å². The molecule has 8 heteroatoms. The number of nitrogens with one attached hydrogen (secondary N) is 2. The number of piperazine rings is 1. The summed E-state index contributed by atoms with van der Waals surface area (Å²) in [5.41, 5.74) is 2.91. The van der Waals surface area contributed by atoms with Crippen LogP contribution in [0.5, 0.6) is 11.5 Å². The average Bonchev–Trinajstić information content (AvgIpc) is 3.35. The van der Waals surface area contributed by atoms with Gasteiger partial charge in [-0.2, -0.15) is 5.10 Å². The molecule has 0 radical (unpaired) electrons. The second-order valence-electron chi connectivity index (χ2n) is 7.61. The number of nitrogens with zero attached hydrogens (tertiary/aromatic N) is 2. The number of aromatic amines is 1. The number of aliphatic hydroxyl groups excluding tert-OH is 1.